The Labute approximate surface area is 109 Å². The minimum atomic E-state index is -1.03. The smallest absolute Gasteiger partial charge is 0.325 e. The van der Waals surface area contributed by atoms with E-state index in [4.69, 9.17) is 5.73 Å². The van der Waals surface area contributed by atoms with E-state index in [2.05, 4.69) is 23.8 Å². The maximum atomic E-state index is 11.4. The molecule has 1 aliphatic heterocycles. The molecule has 2 aliphatic rings. The van der Waals surface area contributed by atoms with Crippen molar-refractivity contribution in [2.75, 3.05) is 33.2 Å². The topological polar surface area (TPSA) is 69.8 Å². The molecule has 0 spiro atoms. The monoisotopic (exact) mass is 255 g/mol. The van der Waals surface area contributed by atoms with Gasteiger partial charge in [0.25, 0.3) is 0 Å². The number of carboxylic acid groups (broad SMARTS) is 1. The molecular formula is C13H25N3O2. The summed E-state index contributed by atoms with van der Waals surface area (Å²) in [7, 11) is 2.14. The average Bonchev–Trinajstić information content (AvgIpc) is 3.15. The predicted octanol–water partition coefficient (Wildman–Crippen LogP) is 0.205. The van der Waals surface area contributed by atoms with Gasteiger partial charge in [-0.2, -0.15) is 0 Å². The first kappa shape index (κ1) is 13.8. The van der Waals surface area contributed by atoms with E-state index < -0.39 is 11.5 Å². The number of carboxylic acids is 1. The van der Waals surface area contributed by atoms with Gasteiger partial charge in [0.1, 0.15) is 5.54 Å². The minimum Gasteiger partial charge on any atom is -0.480 e. The summed E-state index contributed by atoms with van der Waals surface area (Å²) in [5.41, 5.74) is 5.11. The molecule has 1 aliphatic carbocycles. The molecule has 0 aromatic rings. The molecule has 1 heterocycles. The third kappa shape index (κ3) is 2.68. The lowest BCUT2D eigenvalue weighted by Gasteiger charge is -2.42. The highest BCUT2D eigenvalue weighted by atomic mass is 16.4. The third-order valence-electron chi connectivity index (χ3n) is 4.52. The van der Waals surface area contributed by atoms with Crippen LogP contribution in [0.4, 0.5) is 0 Å². The van der Waals surface area contributed by atoms with Crippen molar-refractivity contribution in [3.8, 4) is 0 Å². The van der Waals surface area contributed by atoms with E-state index in [0.29, 0.717) is 12.6 Å². The van der Waals surface area contributed by atoms with Crippen molar-refractivity contribution in [2.45, 2.75) is 37.8 Å². The van der Waals surface area contributed by atoms with Gasteiger partial charge in [0.05, 0.1) is 0 Å². The molecule has 2 rings (SSSR count). The molecule has 2 atom stereocenters. The highest BCUT2D eigenvalue weighted by molar-refractivity contribution is 5.79. The zero-order chi connectivity index (χ0) is 13.3. The van der Waals surface area contributed by atoms with Gasteiger partial charge in [0, 0.05) is 32.2 Å². The van der Waals surface area contributed by atoms with Gasteiger partial charge in [-0.25, -0.2) is 0 Å². The highest BCUT2D eigenvalue weighted by Gasteiger charge is 2.49. The van der Waals surface area contributed by atoms with Gasteiger partial charge >= 0.3 is 5.97 Å². The molecule has 0 radical (unpaired) electrons. The van der Waals surface area contributed by atoms with Crippen molar-refractivity contribution in [3.63, 3.8) is 0 Å². The maximum Gasteiger partial charge on any atom is 0.325 e. The van der Waals surface area contributed by atoms with Crippen LogP contribution in [0.25, 0.3) is 0 Å². The second-order valence-corrected chi connectivity index (χ2v) is 5.90. The van der Waals surface area contributed by atoms with Crippen molar-refractivity contribution >= 4 is 5.97 Å². The van der Waals surface area contributed by atoms with E-state index >= 15 is 0 Å². The molecule has 1 saturated carbocycles. The highest BCUT2D eigenvalue weighted by Crippen LogP contribution is 2.39. The number of piperazine rings is 1. The van der Waals surface area contributed by atoms with E-state index in [1.54, 1.807) is 0 Å². The molecule has 104 valence electrons. The van der Waals surface area contributed by atoms with Crippen molar-refractivity contribution in [1.82, 2.24) is 9.80 Å². The van der Waals surface area contributed by atoms with Crippen molar-refractivity contribution < 1.29 is 9.90 Å². The Hall–Kier alpha value is -0.650. The van der Waals surface area contributed by atoms with E-state index in [9.17, 15) is 9.90 Å². The minimum absolute atomic E-state index is 0.176. The zero-order valence-electron chi connectivity index (χ0n) is 11.4. The molecule has 5 heteroatoms. The fourth-order valence-electron chi connectivity index (χ4n) is 2.93. The first-order chi connectivity index (χ1) is 8.47. The Morgan fingerprint density at radius 3 is 2.61 bits per heavy atom. The van der Waals surface area contributed by atoms with Crippen LogP contribution in [0, 0.1) is 5.92 Å². The van der Waals surface area contributed by atoms with Gasteiger partial charge in [-0.05, 0) is 32.2 Å². The lowest BCUT2D eigenvalue weighted by molar-refractivity contribution is -0.145. The molecule has 18 heavy (non-hydrogen) atoms. The first-order valence-corrected chi connectivity index (χ1v) is 6.92. The number of likely N-dealkylation sites (N-methyl/N-ethyl adjacent to an activating group) is 1. The number of hydrogen-bond acceptors (Lipinski definition) is 4. The summed E-state index contributed by atoms with van der Waals surface area (Å²) in [6, 6.07) is 0.524. The number of hydrogen-bond donors (Lipinski definition) is 2. The zero-order valence-corrected chi connectivity index (χ0v) is 11.4. The van der Waals surface area contributed by atoms with Crippen molar-refractivity contribution in [2.24, 2.45) is 11.7 Å². The Balaban J connectivity index is 1.97. The van der Waals surface area contributed by atoms with Gasteiger partial charge in [-0.15, -0.1) is 0 Å². The summed E-state index contributed by atoms with van der Waals surface area (Å²) in [5, 5.41) is 9.39. The molecule has 2 fully saturated rings. The summed E-state index contributed by atoms with van der Waals surface area (Å²) >= 11 is 0. The van der Waals surface area contributed by atoms with Crippen molar-refractivity contribution in [1.29, 1.82) is 0 Å². The molecule has 2 unspecified atom stereocenters. The van der Waals surface area contributed by atoms with Crippen LogP contribution < -0.4 is 5.73 Å². The number of aliphatic carboxylic acids is 1. The summed E-state index contributed by atoms with van der Waals surface area (Å²) in [6.45, 7) is 5.53. The molecule has 1 saturated heterocycles. The predicted molar refractivity (Wildman–Crippen MR) is 70.4 cm³/mol. The van der Waals surface area contributed by atoms with Crippen LogP contribution in [0.15, 0.2) is 0 Å². The maximum absolute atomic E-state index is 11.4. The van der Waals surface area contributed by atoms with E-state index in [1.165, 1.54) is 0 Å². The Bertz CT molecular complexity index is 319. The molecule has 3 N–H and O–H groups in total. The Kier molecular flexibility index (Phi) is 3.94. The van der Waals surface area contributed by atoms with E-state index in [1.807, 2.05) is 0 Å². The summed E-state index contributed by atoms with van der Waals surface area (Å²) in [5.74, 6) is -0.660. The molecule has 5 nitrogen and oxygen atoms in total. The van der Waals surface area contributed by atoms with Gasteiger partial charge in [-0.3, -0.25) is 9.69 Å². The standard InChI is InChI=1S/C13H25N3O2/c1-3-11-8-16(7-6-15(11)2)9-13(14,12(17)18)10-4-5-10/h10-11H,3-9,14H2,1-2H3,(H,17,18). The molecule has 0 aromatic carbocycles. The normalized spacial score (nSPS) is 30.1. The van der Waals surface area contributed by atoms with Crippen LogP contribution in [0.2, 0.25) is 0 Å². The van der Waals surface area contributed by atoms with Gasteiger partial charge in [0.2, 0.25) is 0 Å². The van der Waals surface area contributed by atoms with E-state index in [-0.39, 0.29) is 5.92 Å². The van der Waals surface area contributed by atoms with Crippen LogP contribution in [0.5, 0.6) is 0 Å². The number of nitrogens with zero attached hydrogens (tertiary/aromatic N) is 2. The van der Waals surface area contributed by atoms with Crippen LogP contribution in [0.1, 0.15) is 26.2 Å². The lowest BCUT2D eigenvalue weighted by Crippen LogP contribution is -2.61. The quantitative estimate of drug-likeness (QED) is 0.734. The second-order valence-electron chi connectivity index (χ2n) is 5.90. The third-order valence-corrected chi connectivity index (χ3v) is 4.52. The fraction of sp³-hybridized carbons (Fsp3) is 0.923. The van der Waals surface area contributed by atoms with Gasteiger partial charge < -0.3 is 15.7 Å². The Morgan fingerprint density at radius 2 is 2.11 bits per heavy atom. The number of carbonyl (C=O) groups is 1. The lowest BCUT2D eigenvalue weighted by atomic mass is 9.93. The van der Waals surface area contributed by atoms with Crippen LogP contribution in [-0.2, 0) is 4.79 Å². The number of rotatable bonds is 5. The van der Waals surface area contributed by atoms with Crippen LogP contribution >= 0.6 is 0 Å². The summed E-state index contributed by atoms with van der Waals surface area (Å²) in [4.78, 5) is 16.0. The van der Waals surface area contributed by atoms with Crippen LogP contribution in [-0.4, -0.2) is 65.7 Å². The van der Waals surface area contributed by atoms with Gasteiger partial charge in [0.15, 0.2) is 0 Å². The molecule has 0 aromatic heterocycles. The summed E-state index contributed by atoms with van der Waals surface area (Å²) < 4.78 is 0. The molecule has 0 bridgehead atoms. The SMILES string of the molecule is CCC1CN(CC(N)(C(=O)O)C2CC2)CCN1C. The first-order valence-electron chi connectivity index (χ1n) is 6.92. The van der Waals surface area contributed by atoms with Crippen molar-refractivity contribution in [3.05, 3.63) is 0 Å². The van der Waals surface area contributed by atoms with Gasteiger partial charge in [-0.1, -0.05) is 6.92 Å². The Morgan fingerprint density at radius 1 is 1.44 bits per heavy atom. The number of nitrogens with two attached hydrogens (primary N) is 1. The second kappa shape index (κ2) is 5.15. The van der Waals surface area contributed by atoms with Crippen LogP contribution in [0.3, 0.4) is 0 Å². The fourth-order valence-corrected chi connectivity index (χ4v) is 2.93. The average molecular weight is 255 g/mol. The molecule has 0 amide bonds. The largest absolute Gasteiger partial charge is 0.480 e. The molecular weight excluding hydrogens is 230 g/mol. The van der Waals surface area contributed by atoms with E-state index in [0.717, 1.165) is 38.9 Å². The summed E-state index contributed by atoms with van der Waals surface area (Å²) in [6.07, 6.45) is 3.03.